The molecule has 0 amide bonds. The van der Waals surface area contributed by atoms with Crippen LogP contribution < -0.4 is 5.32 Å². The van der Waals surface area contributed by atoms with Crippen LogP contribution in [0.5, 0.6) is 0 Å². The molecule has 2 heterocycles. The highest BCUT2D eigenvalue weighted by Gasteiger charge is 2.32. The highest BCUT2D eigenvalue weighted by molar-refractivity contribution is 7.84. The molecule has 1 aromatic carbocycles. The molecule has 1 aliphatic rings. The van der Waals surface area contributed by atoms with Crippen molar-refractivity contribution in [3.05, 3.63) is 48.0 Å². The minimum atomic E-state index is -0.924. The van der Waals surface area contributed by atoms with Crippen molar-refractivity contribution in [2.75, 3.05) is 12.9 Å². The summed E-state index contributed by atoms with van der Waals surface area (Å²) in [6.07, 6.45) is 6.52. The maximum absolute atomic E-state index is 11.4. The Kier molecular flexibility index (Phi) is 5.25. The predicted octanol–water partition coefficient (Wildman–Crippen LogP) is 2.26. The number of hydrogen-bond acceptors (Lipinski definition) is 4. The second kappa shape index (κ2) is 7.38. The van der Waals surface area contributed by atoms with Crippen LogP contribution in [0.2, 0.25) is 0 Å². The topological polar surface area (TPSA) is 56.1 Å². The zero-order valence-electron chi connectivity index (χ0n) is 13.6. The maximum Gasteiger partial charge on any atom is 0.139 e. The quantitative estimate of drug-likeness (QED) is 0.881. The van der Waals surface area contributed by atoms with Gasteiger partial charge in [-0.2, -0.15) is 0 Å². The van der Waals surface area contributed by atoms with Gasteiger partial charge in [-0.05, 0) is 31.0 Å². The Bertz CT molecular complexity index is 669. The predicted molar refractivity (Wildman–Crippen MR) is 90.6 cm³/mol. The van der Waals surface area contributed by atoms with Crippen LogP contribution in [0.4, 0.5) is 0 Å². The van der Waals surface area contributed by atoms with Crippen LogP contribution in [0.3, 0.4) is 0 Å². The molecule has 0 saturated carbocycles. The van der Waals surface area contributed by atoms with Crippen molar-refractivity contribution in [1.82, 2.24) is 14.9 Å². The molecule has 23 heavy (non-hydrogen) atoms. The van der Waals surface area contributed by atoms with Crippen molar-refractivity contribution in [2.45, 2.75) is 43.5 Å². The molecule has 1 N–H and O–H groups in total. The second-order valence-electron chi connectivity index (χ2n) is 5.74. The molecule has 124 valence electrons. The largest absolute Gasteiger partial charge is 0.369 e. The first kappa shape index (κ1) is 16.4. The Morgan fingerprint density at radius 3 is 2.87 bits per heavy atom. The Balaban J connectivity index is 1.64. The minimum Gasteiger partial charge on any atom is -0.369 e. The van der Waals surface area contributed by atoms with E-state index >= 15 is 0 Å². The number of imidazole rings is 1. The van der Waals surface area contributed by atoms with Crippen molar-refractivity contribution in [3.63, 3.8) is 0 Å². The van der Waals surface area contributed by atoms with Crippen LogP contribution in [0.25, 0.3) is 0 Å². The number of benzene rings is 1. The molecular weight excluding hydrogens is 310 g/mol. The number of aryl methyl sites for hydroxylation is 1. The standard InChI is InChI=1S/C17H23N3O2S/c1-3-20-10-9-18-17(20)16-15(8-11-22-16)19-12-13-4-6-14(7-5-13)23(2)21/h4-7,9-10,15-16,19H,3,8,11-12H2,1-2H3/t15-,16-,23?/m0/s1. The van der Waals surface area contributed by atoms with Crippen molar-refractivity contribution in [1.29, 1.82) is 0 Å². The average Bonchev–Trinajstić information content (AvgIpc) is 3.21. The summed E-state index contributed by atoms with van der Waals surface area (Å²) in [4.78, 5) is 5.33. The Morgan fingerprint density at radius 1 is 1.39 bits per heavy atom. The van der Waals surface area contributed by atoms with Crippen LogP contribution in [-0.2, 0) is 28.6 Å². The van der Waals surface area contributed by atoms with Gasteiger partial charge in [0.1, 0.15) is 11.9 Å². The third-order valence-electron chi connectivity index (χ3n) is 4.26. The van der Waals surface area contributed by atoms with Crippen LogP contribution in [-0.4, -0.2) is 32.7 Å². The molecule has 5 nitrogen and oxygen atoms in total. The fourth-order valence-corrected chi connectivity index (χ4v) is 3.47. The Morgan fingerprint density at radius 2 is 2.17 bits per heavy atom. The minimum absolute atomic E-state index is 0.00682. The molecule has 0 radical (unpaired) electrons. The van der Waals surface area contributed by atoms with Crippen molar-refractivity contribution in [3.8, 4) is 0 Å². The smallest absolute Gasteiger partial charge is 0.139 e. The van der Waals surface area contributed by atoms with Gasteiger partial charge in [-0.1, -0.05) is 12.1 Å². The number of rotatable bonds is 6. The molecule has 0 spiro atoms. The molecule has 1 fully saturated rings. The maximum atomic E-state index is 11.4. The molecule has 3 rings (SSSR count). The first-order valence-corrected chi connectivity index (χ1v) is 9.53. The van der Waals surface area contributed by atoms with E-state index in [-0.39, 0.29) is 12.1 Å². The molecule has 1 aliphatic heterocycles. The fraction of sp³-hybridized carbons (Fsp3) is 0.471. The Hall–Kier alpha value is -1.50. The summed E-state index contributed by atoms with van der Waals surface area (Å²) >= 11 is 0. The average molecular weight is 333 g/mol. The fourth-order valence-electron chi connectivity index (χ4n) is 2.95. The van der Waals surface area contributed by atoms with E-state index in [2.05, 4.69) is 21.8 Å². The van der Waals surface area contributed by atoms with Crippen molar-refractivity contribution >= 4 is 10.8 Å². The molecule has 3 atom stereocenters. The third-order valence-corrected chi connectivity index (χ3v) is 5.19. The molecule has 0 bridgehead atoms. The van der Waals surface area contributed by atoms with Crippen LogP contribution in [0.15, 0.2) is 41.6 Å². The molecular formula is C17H23N3O2S. The van der Waals surface area contributed by atoms with Gasteiger partial charge in [0.15, 0.2) is 0 Å². The zero-order chi connectivity index (χ0) is 16.2. The van der Waals surface area contributed by atoms with Crippen molar-refractivity contribution < 1.29 is 8.95 Å². The summed E-state index contributed by atoms with van der Waals surface area (Å²) in [6.45, 7) is 4.54. The lowest BCUT2D eigenvalue weighted by Gasteiger charge is -2.20. The van der Waals surface area contributed by atoms with Gasteiger partial charge in [0.25, 0.3) is 0 Å². The molecule has 6 heteroatoms. The van der Waals surface area contributed by atoms with Gasteiger partial charge in [0.05, 0.1) is 0 Å². The summed E-state index contributed by atoms with van der Waals surface area (Å²) in [5, 5.41) is 3.58. The highest BCUT2D eigenvalue weighted by atomic mass is 32.2. The van der Waals surface area contributed by atoms with E-state index in [9.17, 15) is 4.21 Å². The van der Waals surface area contributed by atoms with Crippen molar-refractivity contribution in [2.24, 2.45) is 0 Å². The van der Waals surface area contributed by atoms with Crippen LogP contribution >= 0.6 is 0 Å². The monoisotopic (exact) mass is 333 g/mol. The van der Waals surface area contributed by atoms with E-state index in [1.807, 2.05) is 36.7 Å². The number of aromatic nitrogens is 2. The summed E-state index contributed by atoms with van der Waals surface area (Å²) in [6, 6.07) is 8.19. The lowest BCUT2D eigenvalue weighted by Crippen LogP contribution is -2.32. The van der Waals surface area contributed by atoms with Gasteiger partial charge in [-0.25, -0.2) is 4.98 Å². The van der Waals surface area contributed by atoms with E-state index < -0.39 is 10.8 Å². The van der Waals surface area contributed by atoms with Gasteiger partial charge in [-0.3, -0.25) is 4.21 Å². The summed E-state index contributed by atoms with van der Waals surface area (Å²) in [5.74, 6) is 0.999. The second-order valence-corrected chi connectivity index (χ2v) is 7.12. The molecule has 0 aliphatic carbocycles. The van der Waals surface area contributed by atoms with Gasteiger partial charge in [0.2, 0.25) is 0 Å². The number of nitrogens with zero attached hydrogens (tertiary/aromatic N) is 2. The summed E-state index contributed by atoms with van der Waals surface area (Å²) in [7, 11) is -0.924. The lowest BCUT2D eigenvalue weighted by atomic mass is 10.1. The van der Waals surface area contributed by atoms with E-state index in [1.165, 1.54) is 5.56 Å². The highest BCUT2D eigenvalue weighted by Crippen LogP contribution is 2.28. The summed E-state index contributed by atoms with van der Waals surface area (Å²) < 4.78 is 19.5. The third kappa shape index (κ3) is 3.71. The number of hydrogen-bond donors (Lipinski definition) is 1. The molecule has 1 aromatic heterocycles. The SMILES string of the molecule is CCn1ccnc1[C@H]1OCC[C@@H]1NCc1ccc(S(C)=O)cc1. The van der Waals surface area contributed by atoms with Gasteiger partial charge >= 0.3 is 0 Å². The molecule has 1 saturated heterocycles. The first-order valence-electron chi connectivity index (χ1n) is 7.97. The number of nitrogens with one attached hydrogen (secondary N) is 1. The molecule has 1 unspecified atom stereocenters. The first-order chi connectivity index (χ1) is 11.2. The van der Waals surface area contributed by atoms with Gasteiger partial charge in [0, 0.05) is 60.1 Å². The molecule has 2 aromatic rings. The van der Waals surface area contributed by atoms with Crippen LogP contribution in [0, 0.1) is 0 Å². The number of ether oxygens (including phenoxy) is 1. The zero-order valence-corrected chi connectivity index (χ0v) is 14.4. The van der Waals surface area contributed by atoms with Gasteiger partial charge < -0.3 is 14.6 Å². The van der Waals surface area contributed by atoms with E-state index in [4.69, 9.17) is 4.74 Å². The summed E-state index contributed by atoms with van der Waals surface area (Å²) in [5.41, 5.74) is 1.18. The van der Waals surface area contributed by atoms with E-state index in [0.717, 1.165) is 36.8 Å². The normalized spacial score (nSPS) is 22.3. The van der Waals surface area contributed by atoms with E-state index in [1.54, 1.807) is 6.26 Å². The van der Waals surface area contributed by atoms with Gasteiger partial charge in [-0.15, -0.1) is 0 Å². The van der Waals surface area contributed by atoms with Crippen LogP contribution in [0.1, 0.15) is 30.8 Å². The van der Waals surface area contributed by atoms with E-state index in [0.29, 0.717) is 0 Å². The lowest BCUT2D eigenvalue weighted by molar-refractivity contribution is 0.0886. The Labute approximate surface area is 139 Å².